The van der Waals surface area contributed by atoms with Crippen LogP contribution in [0.15, 0.2) is 40.5 Å². The Kier molecular flexibility index (Phi) is 9.21. The number of hydrogen-bond acceptors (Lipinski definition) is 5. The number of aliphatic imine (C=N–C) groups is 1. The van der Waals surface area contributed by atoms with Crippen LogP contribution in [0.4, 0.5) is 0 Å². The lowest BCUT2D eigenvalue weighted by Gasteiger charge is -2.36. The number of thioether (sulfide) groups is 1. The van der Waals surface area contributed by atoms with E-state index in [1.807, 2.05) is 7.05 Å². The second kappa shape index (κ2) is 12.1. The first kappa shape index (κ1) is 23.6. The number of nitrogens with zero attached hydrogens (tertiary/aromatic N) is 6. The van der Waals surface area contributed by atoms with Gasteiger partial charge in [0.1, 0.15) is 5.82 Å². The molecule has 0 radical (unpaired) electrons. The highest BCUT2D eigenvalue weighted by Crippen LogP contribution is 2.16. The molecule has 1 aliphatic rings. The number of nitrogens with one attached hydrogen (secondary N) is 1. The van der Waals surface area contributed by atoms with Crippen molar-refractivity contribution in [3.05, 3.63) is 41.7 Å². The summed E-state index contributed by atoms with van der Waals surface area (Å²) in [5, 5.41) is 13.3. The lowest BCUT2D eigenvalue weighted by Crippen LogP contribution is -2.52. The van der Waals surface area contributed by atoms with Gasteiger partial charge in [0.05, 0.1) is 0 Å². The molecule has 1 N–H and O–H groups in total. The van der Waals surface area contributed by atoms with Gasteiger partial charge in [-0.05, 0) is 24.2 Å². The van der Waals surface area contributed by atoms with E-state index in [4.69, 9.17) is 0 Å². The fraction of sp³-hybridized carbons (Fsp3) is 0.609. The van der Waals surface area contributed by atoms with Crippen LogP contribution in [0.3, 0.4) is 0 Å². The molecule has 0 amide bonds. The molecule has 2 heterocycles. The van der Waals surface area contributed by atoms with Crippen LogP contribution in [-0.2, 0) is 19.5 Å². The first-order chi connectivity index (χ1) is 15.1. The third-order valence-electron chi connectivity index (χ3n) is 5.52. The van der Waals surface area contributed by atoms with E-state index in [2.05, 4.69) is 85.3 Å². The van der Waals surface area contributed by atoms with Gasteiger partial charge in [-0.1, -0.05) is 55.9 Å². The second-order valence-corrected chi connectivity index (χ2v) is 9.21. The Morgan fingerprint density at radius 2 is 1.87 bits per heavy atom. The van der Waals surface area contributed by atoms with Crippen LogP contribution >= 0.6 is 11.8 Å². The molecule has 7 nitrogen and oxygen atoms in total. The van der Waals surface area contributed by atoms with Crippen molar-refractivity contribution in [3.8, 4) is 0 Å². The number of guanidine groups is 1. The van der Waals surface area contributed by atoms with Crippen molar-refractivity contribution in [1.82, 2.24) is 29.9 Å². The minimum absolute atomic E-state index is 0.582. The van der Waals surface area contributed by atoms with Crippen molar-refractivity contribution < 1.29 is 0 Å². The van der Waals surface area contributed by atoms with E-state index < -0.39 is 0 Å². The summed E-state index contributed by atoms with van der Waals surface area (Å²) in [5.74, 6) is 2.68. The summed E-state index contributed by atoms with van der Waals surface area (Å²) in [5.41, 5.74) is 1.38. The molecule has 0 spiro atoms. The van der Waals surface area contributed by atoms with Crippen LogP contribution in [-0.4, -0.2) is 76.6 Å². The highest BCUT2D eigenvalue weighted by Gasteiger charge is 2.19. The van der Waals surface area contributed by atoms with Gasteiger partial charge >= 0.3 is 0 Å². The zero-order valence-corrected chi connectivity index (χ0v) is 20.2. The van der Waals surface area contributed by atoms with Crippen molar-refractivity contribution in [3.63, 3.8) is 0 Å². The van der Waals surface area contributed by atoms with E-state index in [1.165, 1.54) is 5.56 Å². The fourth-order valence-corrected chi connectivity index (χ4v) is 4.46. The SMILES string of the molecule is CN=C(NCCCc1nnc(SC)n1CC(C)C)N1CCN(Cc2ccccc2)CC1. The molecule has 3 rings (SSSR count). The maximum absolute atomic E-state index is 4.52. The van der Waals surface area contributed by atoms with Crippen molar-refractivity contribution in [1.29, 1.82) is 0 Å². The van der Waals surface area contributed by atoms with Crippen molar-refractivity contribution >= 4 is 17.7 Å². The third-order valence-corrected chi connectivity index (χ3v) is 6.18. The van der Waals surface area contributed by atoms with E-state index in [-0.39, 0.29) is 0 Å². The summed E-state index contributed by atoms with van der Waals surface area (Å²) in [6.45, 7) is 11.5. The standard InChI is InChI=1S/C23H37N7S/c1-19(2)17-30-21(26-27-23(30)31-4)11-8-12-25-22(24-3)29-15-13-28(14-16-29)18-20-9-6-5-7-10-20/h5-7,9-10,19H,8,11-18H2,1-4H3,(H,24,25). The largest absolute Gasteiger partial charge is 0.356 e. The number of rotatable bonds is 9. The molecule has 0 aliphatic carbocycles. The Bertz CT molecular complexity index is 811. The van der Waals surface area contributed by atoms with Gasteiger partial charge in [0.2, 0.25) is 0 Å². The molecular formula is C23H37N7S. The molecule has 8 heteroatoms. The van der Waals surface area contributed by atoms with E-state index >= 15 is 0 Å². The Hall–Kier alpha value is -2.06. The first-order valence-electron chi connectivity index (χ1n) is 11.3. The summed E-state index contributed by atoms with van der Waals surface area (Å²) in [4.78, 5) is 9.40. The van der Waals surface area contributed by atoms with Gasteiger partial charge < -0.3 is 14.8 Å². The third kappa shape index (κ3) is 6.97. The van der Waals surface area contributed by atoms with E-state index in [9.17, 15) is 0 Å². The molecule has 1 aromatic heterocycles. The Labute approximate surface area is 191 Å². The molecule has 0 saturated carbocycles. The fourth-order valence-electron chi connectivity index (χ4n) is 3.94. The minimum atomic E-state index is 0.582. The number of aromatic nitrogens is 3. The van der Waals surface area contributed by atoms with Crippen LogP contribution in [0.5, 0.6) is 0 Å². The molecule has 1 aromatic carbocycles. The summed E-state index contributed by atoms with van der Waals surface area (Å²) in [6, 6.07) is 10.7. The van der Waals surface area contributed by atoms with Gasteiger partial charge in [0.25, 0.3) is 0 Å². The minimum Gasteiger partial charge on any atom is -0.356 e. The topological polar surface area (TPSA) is 61.6 Å². The molecule has 2 aromatic rings. The molecular weight excluding hydrogens is 406 g/mol. The molecule has 1 aliphatic heterocycles. The highest BCUT2D eigenvalue weighted by atomic mass is 32.2. The average Bonchev–Trinajstić information content (AvgIpc) is 3.16. The van der Waals surface area contributed by atoms with Crippen molar-refractivity contribution in [2.45, 2.75) is 44.9 Å². The summed E-state index contributed by atoms with van der Waals surface area (Å²) < 4.78 is 2.27. The summed E-state index contributed by atoms with van der Waals surface area (Å²) >= 11 is 1.67. The van der Waals surface area contributed by atoms with Crippen molar-refractivity contribution in [2.24, 2.45) is 10.9 Å². The molecule has 1 saturated heterocycles. The quantitative estimate of drug-likeness (QED) is 0.278. The lowest BCUT2D eigenvalue weighted by atomic mass is 10.2. The molecule has 31 heavy (non-hydrogen) atoms. The van der Waals surface area contributed by atoms with Crippen molar-refractivity contribution in [2.75, 3.05) is 46.0 Å². The van der Waals surface area contributed by atoms with Gasteiger partial charge in [-0.3, -0.25) is 9.89 Å². The lowest BCUT2D eigenvalue weighted by molar-refractivity contribution is 0.172. The normalized spacial score (nSPS) is 15.6. The van der Waals surface area contributed by atoms with Gasteiger partial charge in [-0.25, -0.2) is 0 Å². The zero-order valence-electron chi connectivity index (χ0n) is 19.4. The Morgan fingerprint density at radius 3 is 2.52 bits per heavy atom. The van der Waals surface area contributed by atoms with E-state index in [1.54, 1.807) is 11.8 Å². The van der Waals surface area contributed by atoms with E-state index in [0.29, 0.717) is 5.92 Å². The Balaban J connectivity index is 1.42. The molecule has 0 atom stereocenters. The highest BCUT2D eigenvalue weighted by molar-refractivity contribution is 7.98. The number of benzene rings is 1. The molecule has 170 valence electrons. The zero-order chi connectivity index (χ0) is 22.1. The smallest absolute Gasteiger partial charge is 0.193 e. The van der Waals surface area contributed by atoms with Crippen LogP contribution in [0.25, 0.3) is 0 Å². The summed E-state index contributed by atoms with van der Waals surface area (Å²) in [6.07, 6.45) is 4.00. The van der Waals surface area contributed by atoms with E-state index in [0.717, 1.165) is 75.6 Å². The summed E-state index contributed by atoms with van der Waals surface area (Å²) in [7, 11) is 1.88. The number of aryl methyl sites for hydroxylation is 1. The predicted molar refractivity (Wildman–Crippen MR) is 130 cm³/mol. The first-order valence-corrected chi connectivity index (χ1v) is 12.5. The molecule has 0 bridgehead atoms. The number of piperazine rings is 1. The number of hydrogen-bond donors (Lipinski definition) is 1. The van der Waals surface area contributed by atoms with Crippen LogP contribution < -0.4 is 5.32 Å². The van der Waals surface area contributed by atoms with Crippen LogP contribution in [0.2, 0.25) is 0 Å². The molecule has 0 unspecified atom stereocenters. The van der Waals surface area contributed by atoms with Gasteiger partial charge in [0.15, 0.2) is 11.1 Å². The van der Waals surface area contributed by atoms with Gasteiger partial charge in [0, 0.05) is 59.3 Å². The van der Waals surface area contributed by atoms with Crippen LogP contribution in [0.1, 0.15) is 31.7 Å². The Morgan fingerprint density at radius 1 is 1.13 bits per heavy atom. The average molecular weight is 444 g/mol. The maximum atomic E-state index is 4.52. The monoisotopic (exact) mass is 443 g/mol. The van der Waals surface area contributed by atoms with Gasteiger partial charge in [-0.2, -0.15) is 0 Å². The second-order valence-electron chi connectivity index (χ2n) is 8.43. The van der Waals surface area contributed by atoms with Crippen LogP contribution in [0, 0.1) is 5.92 Å². The predicted octanol–water partition coefficient (Wildman–Crippen LogP) is 2.98. The maximum Gasteiger partial charge on any atom is 0.193 e. The van der Waals surface area contributed by atoms with Gasteiger partial charge in [-0.15, -0.1) is 10.2 Å². The molecule has 1 fully saturated rings.